The second kappa shape index (κ2) is 6.89. The maximum Gasteiger partial charge on any atom is 0.223 e. The van der Waals surface area contributed by atoms with Gasteiger partial charge in [-0.15, -0.1) is 0 Å². The molecular weight excluding hydrogens is 266 g/mol. The molecule has 1 aromatic rings. The van der Waals surface area contributed by atoms with Gasteiger partial charge in [0.15, 0.2) is 0 Å². The number of carbonyl (C=O) groups excluding carboxylic acids is 1. The van der Waals surface area contributed by atoms with Crippen molar-refractivity contribution in [1.29, 1.82) is 0 Å². The standard InChI is InChI=1S/C14H18ClNO3/c15-11-5-3-10(4-6-11)13(17)8-14(18)16-9-12-2-1-7-19-12/h3-6,12-13,17H,1-2,7-9H2,(H,16,18). The van der Waals surface area contributed by atoms with Crippen LogP contribution in [0.1, 0.15) is 30.9 Å². The van der Waals surface area contributed by atoms with Crippen LogP contribution in [0.4, 0.5) is 0 Å². The summed E-state index contributed by atoms with van der Waals surface area (Å²) in [6, 6.07) is 6.84. The van der Waals surface area contributed by atoms with E-state index in [1.54, 1.807) is 24.3 Å². The van der Waals surface area contributed by atoms with E-state index >= 15 is 0 Å². The highest BCUT2D eigenvalue weighted by Gasteiger charge is 2.18. The van der Waals surface area contributed by atoms with Crippen LogP contribution in [-0.2, 0) is 9.53 Å². The predicted molar refractivity (Wildman–Crippen MR) is 73.0 cm³/mol. The molecule has 1 aliphatic rings. The van der Waals surface area contributed by atoms with Crippen molar-refractivity contribution in [1.82, 2.24) is 5.32 Å². The highest BCUT2D eigenvalue weighted by Crippen LogP contribution is 2.19. The number of halogens is 1. The van der Waals surface area contributed by atoms with Crippen molar-refractivity contribution < 1.29 is 14.6 Å². The lowest BCUT2D eigenvalue weighted by Crippen LogP contribution is -2.32. The first-order valence-corrected chi connectivity index (χ1v) is 6.85. The summed E-state index contributed by atoms with van der Waals surface area (Å²) < 4.78 is 5.41. The number of hydrogen-bond donors (Lipinski definition) is 2. The van der Waals surface area contributed by atoms with Gasteiger partial charge in [0.1, 0.15) is 0 Å². The molecule has 1 aliphatic heterocycles. The van der Waals surface area contributed by atoms with Crippen LogP contribution in [0.15, 0.2) is 24.3 Å². The zero-order valence-corrected chi connectivity index (χ0v) is 11.4. The molecule has 5 heteroatoms. The molecule has 0 bridgehead atoms. The van der Waals surface area contributed by atoms with E-state index in [9.17, 15) is 9.90 Å². The summed E-state index contributed by atoms with van der Waals surface area (Å²) in [5, 5.41) is 13.3. The Labute approximate surface area is 117 Å². The lowest BCUT2D eigenvalue weighted by atomic mass is 10.1. The Morgan fingerprint density at radius 1 is 1.47 bits per heavy atom. The van der Waals surface area contributed by atoms with Gasteiger partial charge in [0.25, 0.3) is 0 Å². The predicted octanol–water partition coefficient (Wildman–Crippen LogP) is 2.06. The van der Waals surface area contributed by atoms with Crippen molar-refractivity contribution in [3.8, 4) is 0 Å². The molecule has 1 fully saturated rings. The van der Waals surface area contributed by atoms with Crippen molar-refractivity contribution in [3.63, 3.8) is 0 Å². The minimum absolute atomic E-state index is 0.0500. The summed E-state index contributed by atoms with van der Waals surface area (Å²) in [5.41, 5.74) is 0.691. The zero-order chi connectivity index (χ0) is 13.7. The molecule has 2 rings (SSSR count). The third-order valence-corrected chi connectivity index (χ3v) is 3.44. The first-order chi connectivity index (χ1) is 9.15. The first-order valence-electron chi connectivity index (χ1n) is 6.47. The molecule has 2 atom stereocenters. The third kappa shape index (κ3) is 4.49. The van der Waals surface area contributed by atoms with E-state index in [1.165, 1.54) is 0 Å². The number of amides is 1. The zero-order valence-electron chi connectivity index (χ0n) is 10.6. The van der Waals surface area contributed by atoms with Crippen LogP contribution >= 0.6 is 11.6 Å². The molecule has 1 aromatic carbocycles. The quantitative estimate of drug-likeness (QED) is 0.870. The third-order valence-electron chi connectivity index (χ3n) is 3.18. The second-order valence-electron chi connectivity index (χ2n) is 4.71. The van der Waals surface area contributed by atoms with E-state index in [0.29, 0.717) is 17.1 Å². The van der Waals surface area contributed by atoms with Crippen molar-refractivity contribution in [3.05, 3.63) is 34.9 Å². The van der Waals surface area contributed by atoms with Gasteiger partial charge < -0.3 is 15.2 Å². The van der Waals surface area contributed by atoms with E-state index in [2.05, 4.69) is 5.32 Å². The fourth-order valence-electron chi connectivity index (χ4n) is 2.08. The van der Waals surface area contributed by atoms with E-state index < -0.39 is 6.10 Å². The van der Waals surface area contributed by atoms with Gasteiger partial charge in [-0.25, -0.2) is 0 Å². The van der Waals surface area contributed by atoms with Crippen LogP contribution in [0, 0.1) is 0 Å². The smallest absolute Gasteiger partial charge is 0.223 e. The SMILES string of the molecule is O=C(CC(O)c1ccc(Cl)cc1)NCC1CCCO1. The van der Waals surface area contributed by atoms with Crippen molar-refractivity contribution in [2.24, 2.45) is 0 Å². The van der Waals surface area contributed by atoms with Gasteiger partial charge in [0.2, 0.25) is 5.91 Å². The summed E-state index contributed by atoms with van der Waals surface area (Å²) in [4.78, 5) is 11.7. The average Bonchev–Trinajstić information content (AvgIpc) is 2.90. The lowest BCUT2D eigenvalue weighted by molar-refractivity contribution is -0.123. The summed E-state index contributed by atoms with van der Waals surface area (Å²) >= 11 is 5.77. The summed E-state index contributed by atoms with van der Waals surface area (Å²) in [6.07, 6.45) is 1.40. The van der Waals surface area contributed by atoms with Crippen LogP contribution in [0.2, 0.25) is 5.02 Å². The Bertz CT molecular complexity index is 415. The molecule has 1 saturated heterocycles. The number of carbonyl (C=O) groups is 1. The molecule has 0 radical (unpaired) electrons. The van der Waals surface area contributed by atoms with Crippen LogP contribution in [0.5, 0.6) is 0 Å². The fourth-order valence-corrected chi connectivity index (χ4v) is 2.21. The number of aliphatic hydroxyl groups excluding tert-OH is 1. The molecular formula is C14H18ClNO3. The summed E-state index contributed by atoms with van der Waals surface area (Å²) in [7, 11) is 0. The molecule has 104 valence electrons. The van der Waals surface area contributed by atoms with E-state index in [4.69, 9.17) is 16.3 Å². The Morgan fingerprint density at radius 2 is 2.21 bits per heavy atom. The van der Waals surface area contributed by atoms with Gasteiger partial charge in [-0.1, -0.05) is 23.7 Å². The summed E-state index contributed by atoms with van der Waals surface area (Å²) in [6.45, 7) is 1.29. The Balaban J connectivity index is 1.76. The van der Waals surface area contributed by atoms with Gasteiger partial charge in [0.05, 0.1) is 18.6 Å². The molecule has 1 amide bonds. The number of ether oxygens (including phenoxy) is 1. The maximum absolute atomic E-state index is 11.7. The minimum Gasteiger partial charge on any atom is -0.388 e. The van der Waals surface area contributed by atoms with Gasteiger partial charge in [0, 0.05) is 18.2 Å². The van der Waals surface area contributed by atoms with Gasteiger partial charge in [-0.3, -0.25) is 4.79 Å². The van der Waals surface area contributed by atoms with E-state index in [0.717, 1.165) is 19.4 Å². The number of nitrogens with one attached hydrogen (secondary N) is 1. The fraction of sp³-hybridized carbons (Fsp3) is 0.500. The molecule has 4 nitrogen and oxygen atoms in total. The number of aliphatic hydroxyl groups is 1. The molecule has 0 saturated carbocycles. The van der Waals surface area contributed by atoms with Crippen LogP contribution in [0.25, 0.3) is 0 Å². The van der Waals surface area contributed by atoms with E-state index in [-0.39, 0.29) is 18.4 Å². The van der Waals surface area contributed by atoms with Crippen LogP contribution in [-0.4, -0.2) is 30.3 Å². The molecule has 1 heterocycles. The molecule has 19 heavy (non-hydrogen) atoms. The summed E-state index contributed by atoms with van der Waals surface area (Å²) in [5.74, 6) is -0.169. The normalized spacial score (nSPS) is 20.2. The lowest BCUT2D eigenvalue weighted by Gasteiger charge is -2.13. The number of benzene rings is 1. The van der Waals surface area contributed by atoms with Crippen molar-refractivity contribution in [2.45, 2.75) is 31.5 Å². The van der Waals surface area contributed by atoms with Crippen LogP contribution < -0.4 is 5.32 Å². The number of hydrogen-bond acceptors (Lipinski definition) is 3. The minimum atomic E-state index is -0.804. The monoisotopic (exact) mass is 283 g/mol. The highest BCUT2D eigenvalue weighted by atomic mass is 35.5. The molecule has 0 aliphatic carbocycles. The van der Waals surface area contributed by atoms with Crippen molar-refractivity contribution >= 4 is 17.5 Å². The first kappa shape index (κ1) is 14.3. The largest absolute Gasteiger partial charge is 0.388 e. The molecule has 2 unspecified atom stereocenters. The second-order valence-corrected chi connectivity index (χ2v) is 5.15. The topological polar surface area (TPSA) is 58.6 Å². The Kier molecular flexibility index (Phi) is 5.19. The number of rotatable bonds is 5. The molecule has 0 aromatic heterocycles. The maximum atomic E-state index is 11.7. The average molecular weight is 284 g/mol. The van der Waals surface area contributed by atoms with Crippen molar-refractivity contribution in [2.75, 3.05) is 13.2 Å². The molecule has 0 spiro atoms. The van der Waals surface area contributed by atoms with Gasteiger partial charge >= 0.3 is 0 Å². The van der Waals surface area contributed by atoms with Gasteiger partial charge in [-0.2, -0.15) is 0 Å². The van der Waals surface area contributed by atoms with Gasteiger partial charge in [-0.05, 0) is 30.5 Å². The van der Waals surface area contributed by atoms with E-state index in [1.807, 2.05) is 0 Å². The highest BCUT2D eigenvalue weighted by molar-refractivity contribution is 6.30. The Morgan fingerprint density at radius 3 is 2.84 bits per heavy atom. The molecule has 2 N–H and O–H groups in total. The van der Waals surface area contributed by atoms with Crippen LogP contribution in [0.3, 0.4) is 0 Å². The Hall–Kier alpha value is -1.10.